The van der Waals surface area contributed by atoms with Gasteiger partial charge in [0, 0.05) is 26.2 Å². The highest BCUT2D eigenvalue weighted by Crippen LogP contribution is 2.23. The molecule has 11 atom stereocenters. The summed E-state index contributed by atoms with van der Waals surface area (Å²) >= 11 is 0. The summed E-state index contributed by atoms with van der Waals surface area (Å²) in [5.74, 6) is -11.2. The van der Waals surface area contributed by atoms with E-state index in [1.165, 1.54) is 34.1 Å². The van der Waals surface area contributed by atoms with E-state index >= 15 is 0 Å². The molecule has 0 spiro atoms. The van der Waals surface area contributed by atoms with Crippen LogP contribution in [0.1, 0.15) is 142 Å². The first-order valence-electron chi connectivity index (χ1n) is 32.6. The molecule has 34 nitrogen and oxygen atoms in total. The molecule has 2 aliphatic heterocycles. The molecule has 2 fully saturated rings. The number of hydrogen-bond acceptors (Lipinski definition) is 18. The van der Waals surface area contributed by atoms with Crippen LogP contribution in [0.3, 0.4) is 0 Å². The molecule has 11 amide bonds. The zero-order valence-corrected chi connectivity index (χ0v) is 55.1. The van der Waals surface area contributed by atoms with Crippen molar-refractivity contribution in [3.8, 4) is 5.75 Å². The van der Waals surface area contributed by atoms with Crippen molar-refractivity contribution in [2.75, 3.05) is 45.8 Å². The number of nitrogens with one attached hydrogen (secondary N) is 8. The average molecular weight is 1340 g/mol. The van der Waals surface area contributed by atoms with E-state index in [1.54, 1.807) is 27.7 Å². The quantitative estimate of drug-likeness (QED) is 0.0166. The number of guanidine groups is 2. The summed E-state index contributed by atoms with van der Waals surface area (Å²) in [5, 5.41) is 40.3. The van der Waals surface area contributed by atoms with Crippen LogP contribution >= 0.6 is 0 Å². The number of hydrogen-bond donors (Lipinski definition) is 18. The molecule has 0 saturated carbocycles. The first kappa shape index (κ1) is 80.3. The Kier molecular flexibility index (Phi) is 35.3. The number of aliphatic carboxylic acids is 1. The smallest absolute Gasteiger partial charge is 0.305 e. The van der Waals surface area contributed by atoms with Gasteiger partial charge in [-0.05, 0) is 145 Å². The van der Waals surface area contributed by atoms with Gasteiger partial charge < -0.3 is 108 Å². The van der Waals surface area contributed by atoms with Crippen molar-refractivity contribution < 1.29 is 67.7 Å². The van der Waals surface area contributed by atoms with Crippen LogP contribution in [-0.2, 0) is 64.0 Å². The summed E-state index contributed by atoms with van der Waals surface area (Å²) in [7, 11) is 0. The molecule has 0 bridgehead atoms. The number of aliphatic imine (C=N–C) groups is 2. The average Bonchev–Trinajstić information content (AvgIpc) is 1.77. The molecule has 1 aromatic rings. The third kappa shape index (κ3) is 28.3. The zero-order chi connectivity index (χ0) is 70.9. The summed E-state index contributed by atoms with van der Waals surface area (Å²) in [6, 6.07) is -6.76. The number of phenols is 1. The van der Waals surface area contributed by atoms with Gasteiger partial charge in [0.1, 0.15) is 60.1 Å². The predicted molar refractivity (Wildman–Crippen MR) is 352 cm³/mol. The Balaban J connectivity index is 1.86. The number of carboxylic acid groups (broad SMARTS) is 1. The minimum atomic E-state index is -1.64. The number of likely N-dealkylation sites (tertiary alicyclic amines) is 2. The molecule has 0 unspecified atom stereocenters. The molecule has 26 N–H and O–H groups in total. The highest BCUT2D eigenvalue weighted by atomic mass is 16.4. The Bertz CT molecular complexity index is 2800. The lowest BCUT2D eigenvalue weighted by atomic mass is 9.96. The highest BCUT2D eigenvalue weighted by Gasteiger charge is 2.42. The number of phenolic OH excluding ortho intramolecular Hbond substituents is 1. The number of unbranched alkanes of at least 4 members (excludes halogenated alkanes) is 2. The van der Waals surface area contributed by atoms with Gasteiger partial charge in [0.05, 0.1) is 19.0 Å². The largest absolute Gasteiger partial charge is 0.508 e. The second-order valence-electron chi connectivity index (χ2n) is 24.5. The second kappa shape index (κ2) is 41.7. The van der Waals surface area contributed by atoms with Crippen LogP contribution < -0.4 is 88.4 Å². The summed E-state index contributed by atoms with van der Waals surface area (Å²) < 4.78 is 0. The number of rotatable bonds is 43. The van der Waals surface area contributed by atoms with Crippen LogP contribution in [0.25, 0.3) is 0 Å². The Labute approximate surface area is 553 Å². The van der Waals surface area contributed by atoms with Gasteiger partial charge in [-0.25, -0.2) is 0 Å². The van der Waals surface area contributed by atoms with Crippen LogP contribution in [0.4, 0.5) is 0 Å². The van der Waals surface area contributed by atoms with Crippen molar-refractivity contribution in [3.63, 3.8) is 0 Å². The number of nitrogens with zero attached hydrogens (tertiary/aromatic N) is 4. The molecule has 3 rings (SSSR count). The lowest BCUT2D eigenvalue weighted by Gasteiger charge is -2.32. The molecule has 0 aromatic heterocycles. The summed E-state index contributed by atoms with van der Waals surface area (Å²) in [5.41, 5.74) is 46.1. The van der Waals surface area contributed by atoms with Gasteiger partial charge in [0.25, 0.3) is 0 Å². The topological polar surface area (TPSA) is 581 Å². The standard InChI is InChI=1S/C61H104N20O14/c1-5-35(4)49(58(94)76-42(17-11-27-71-61(68)69)59(95)81-29-13-19-46(81)57(93)73-39(50(65)86)14-6-8-24-62)79-54(90)41(16-10-26-70-60(66)67)74-53(89)40(15-7-9-25-63)75-55(91)43(30-34(2)3)78-56(92)45-18-12-28-80(45)47(83)33-72-52(88)44(32-48(84)85)77-51(87)38(64)31-36-20-22-37(82)23-21-36/h20-23,34-35,38-46,49,82H,5-19,24-33,62-64H2,1-4H3,(H2,65,86)(H,72,88)(H,73,93)(H,74,89)(H,75,91)(H,76,94)(H,77,87)(H,78,92)(H,79,90)(H,84,85)(H4,66,67,70)(H4,68,69,71)/t35-,38-,39-,40-,41-,42-,43-,44+,45-,46-,49-/m0/s1. The maximum absolute atomic E-state index is 14.7. The van der Waals surface area contributed by atoms with Crippen molar-refractivity contribution in [2.24, 2.45) is 67.7 Å². The molecule has 2 saturated heterocycles. The minimum Gasteiger partial charge on any atom is -0.508 e. The molecule has 0 radical (unpaired) electrons. The number of nitrogens with two attached hydrogens (primary N) is 8. The number of amides is 11. The fourth-order valence-electron chi connectivity index (χ4n) is 10.9. The van der Waals surface area contributed by atoms with E-state index in [0.29, 0.717) is 57.1 Å². The van der Waals surface area contributed by atoms with Crippen LogP contribution in [0.15, 0.2) is 34.3 Å². The lowest BCUT2D eigenvalue weighted by Crippen LogP contribution is -2.61. The summed E-state index contributed by atoms with van der Waals surface area (Å²) in [4.78, 5) is 175. The SMILES string of the molecule is CC[C@H](C)[C@H](NC(=O)[C@H](CCCN=C(N)N)NC(=O)[C@H](CCCCN)NC(=O)[C@H](CC(C)C)NC(=O)[C@@H]1CCCN1C(=O)CNC(=O)[C@@H](CC(=O)O)NC(=O)[C@@H](N)Cc1ccc(O)cc1)C(=O)N[C@@H](CCCN=C(N)N)C(=O)N1CCC[C@H]1C(=O)N[C@@H](CCCCN)C(N)=O. The van der Waals surface area contributed by atoms with Crippen molar-refractivity contribution in [1.29, 1.82) is 0 Å². The Morgan fingerprint density at radius 1 is 0.568 bits per heavy atom. The Morgan fingerprint density at radius 2 is 1.04 bits per heavy atom. The molecule has 2 heterocycles. The van der Waals surface area contributed by atoms with Crippen LogP contribution in [0.2, 0.25) is 0 Å². The number of carbonyl (C=O) groups is 12. The summed E-state index contributed by atoms with van der Waals surface area (Å²) in [6.07, 6.45) is 3.01. The summed E-state index contributed by atoms with van der Waals surface area (Å²) in [6.45, 7) is 7.26. The lowest BCUT2D eigenvalue weighted by molar-refractivity contribution is -0.142. The van der Waals surface area contributed by atoms with Crippen molar-refractivity contribution >= 4 is 82.9 Å². The van der Waals surface area contributed by atoms with Crippen LogP contribution in [0, 0.1) is 11.8 Å². The number of carboxylic acids is 1. The third-order valence-corrected chi connectivity index (χ3v) is 16.3. The van der Waals surface area contributed by atoms with Gasteiger partial charge in [-0.15, -0.1) is 0 Å². The minimum absolute atomic E-state index is 0.00896. The predicted octanol–water partition coefficient (Wildman–Crippen LogP) is -4.83. The van der Waals surface area contributed by atoms with Crippen molar-refractivity contribution in [1.82, 2.24) is 52.3 Å². The maximum atomic E-state index is 14.7. The maximum Gasteiger partial charge on any atom is 0.305 e. The van der Waals surface area contributed by atoms with E-state index in [1.807, 2.05) is 0 Å². The van der Waals surface area contributed by atoms with Crippen molar-refractivity contribution in [3.05, 3.63) is 29.8 Å². The van der Waals surface area contributed by atoms with Gasteiger partial charge in [-0.1, -0.05) is 46.2 Å². The van der Waals surface area contributed by atoms with Gasteiger partial charge in [0.15, 0.2) is 11.9 Å². The molecular weight excluding hydrogens is 1240 g/mol. The molecule has 0 aliphatic carbocycles. The first-order chi connectivity index (χ1) is 45.0. The molecule has 1 aromatic carbocycles. The first-order valence-corrected chi connectivity index (χ1v) is 32.6. The van der Waals surface area contributed by atoms with Gasteiger partial charge in [-0.3, -0.25) is 67.5 Å². The molecular formula is C61H104N20O14. The monoisotopic (exact) mass is 1340 g/mol. The van der Waals surface area contributed by atoms with Crippen LogP contribution in [-0.4, -0.2) is 209 Å². The van der Waals surface area contributed by atoms with E-state index in [4.69, 9.17) is 45.9 Å². The van der Waals surface area contributed by atoms with Crippen LogP contribution in [0.5, 0.6) is 5.75 Å². The van der Waals surface area contributed by atoms with Gasteiger partial charge in [-0.2, -0.15) is 0 Å². The normalized spacial score (nSPS) is 17.2. The van der Waals surface area contributed by atoms with Crippen molar-refractivity contribution in [2.45, 2.75) is 204 Å². The zero-order valence-electron chi connectivity index (χ0n) is 55.1. The number of aromatic hydroxyl groups is 1. The molecule has 34 heteroatoms. The molecule has 2 aliphatic rings. The van der Waals surface area contributed by atoms with Gasteiger partial charge in [0.2, 0.25) is 65.0 Å². The number of carbonyl (C=O) groups excluding carboxylic acids is 11. The molecule has 532 valence electrons. The fourth-order valence-corrected chi connectivity index (χ4v) is 10.9. The van der Waals surface area contributed by atoms with E-state index in [2.05, 4.69) is 52.5 Å². The van der Waals surface area contributed by atoms with E-state index < -0.39 is 150 Å². The van der Waals surface area contributed by atoms with E-state index in [0.717, 1.165) is 0 Å². The third-order valence-electron chi connectivity index (χ3n) is 16.3. The number of benzene rings is 1. The van der Waals surface area contributed by atoms with E-state index in [-0.39, 0.29) is 121 Å². The number of primary amides is 1. The Hall–Kier alpha value is -8.92. The molecule has 95 heavy (non-hydrogen) atoms. The van der Waals surface area contributed by atoms with E-state index in [9.17, 15) is 67.7 Å². The fraction of sp³-hybridized carbons (Fsp3) is 0.672. The Morgan fingerprint density at radius 3 is 1.56 bits per heavy atom. The second-order valence-corrected chi connectivity index (χ2v) is 24.5. The van der Waals surface area contributed by atoms with Gasteiger partial charge >= 0.3 is 5.97 Å². The highest BCUT2D eigenvalue weighted by molar-refractivity contribution is 5.99.